The molecule has 2 aromatic rings. The van der Waals surface area contributed by atoms with E-state index in [1.165, 1.54) is 16.7 Å². The van der Waals surface area contributed by atoms with Gasteiger partial charge in [0, 0.05) is 18.8 Å². The normalized spacial score (nSPS) is 11.4. The summed E-state index contributed by atoms with van der Waals surface area (Å²) in [4.78, 5) is 7.21. The minimum atomic E-state index is 0.899. The molecular weight excluding hydrogens is 282 g/mol. The number of hydrogen-bond donors (Lipinski definition) is 1. The molecule has 0 amide bonds. The fourth-order valence-corrected chi connectivity index (χ4v) is 2.81. The van der Waals surface area contributed by atoms with Gasteiger partial charge in [0.1, 0.15) is 0 Å². The molecule has 0 bridgehead atoms. The van der Waals surface area contributed by atoms with Crippen molar-refractivity contribution < 1.29 is 0 Å². The number of rotatable bonds is 4. The highest BCUT2D eigenvalue weighted by molar-refractivity contribution is 5.95. The van der Waals surface area contributed by atoms with E-state index in [1.54, 1.807) is 0 Å². The number of para-hydroxylation sites is 1. The summed E-state index contributed by atoms with van der Waals surface area (Å²) in [5, 5.41) is 3.47. The Balaban J connectivity index is 2.45. The van der Waals surface area contributed by atoms with Gasteiger partial charge >= 0.3 is 0 Å². The van der Waals surface area contributed by atoms with Crippen molar-refractivity contribution in [1.82, 2.24) is 4.90 Å². The molecule has 0 aliphatic rings. The lowest BCUT2D eigenvalue weighted by Crippen LogP contribution is -2.36. The van der Waals surface area contributed by atoms with Crippen molar-refractivity contribution in [3.8, 4) is 0 Å². The summed E-state index contributed by atoms with van der Waals surface area (Å²) >= 11 is 0. The molecular formula is C20H27N3. The molecule has 0 unspecified atom stereocenters. The highest BCUT2D eigenvalue weighted by atomic mass is 15.3. The Labute approximate surface area is 140 Å². The minimum Gasteiger partial charge on any atom is -0.343 e. The average Bonchev–Trinajstić information content (AvgIpc) is 2.52. The van der Waals surface area contributed by atoms with E-state index in [0.717, 1.165) is 30.4 Å². The summed E-state index contributed by atoms with van der Waals surface area (Å²) in [6.45, 7) is 12.5. The first-order valence-electron chi connectivity index (χ1n) is 8.28. The van der Waals surface area contributed by atoms with Crippen LogP contribution >= 0.6 is 0 Å². The Morgan fingerprint density at radius 3 is 2.04 bits per heavy atom. The van der Waals surface area contributed by atoms with Gasteiger partial charge in [0.15, 0.2) is 0 Å². The van der Waals surface area contributed by atoms with Crippen molar-refractivity contribution in [2.24, 2.45) is 4.99 Å². The molecule has 0 atom stereocenters. The van der Waals surface area contributed by atoms with Gasteiger partial charge in [-0.15, -0.1) is 0 Å². The fraction of sp³-hybridized carbons (Fsp3) is 0.350. The van der Waals surface area contributed by atoms with E-state index in [2.05, 4.69) is 69.1 Å². The second kappa shape index (κ2) is 7.82. The van der Waals surface area contributed by atoms with E-state index in [9.17, 15) is 0 Å². The first kappa shape index (κ1) is 17.1. The molecule has 122 valence electrons. The maximum atomic E-state index is 4.97. The smallest absolute Gasteiger partial charge is 0.203 e. The molecule has 0 heterocycles. The second-order valence-corrected chi connectivity index (χ2v) is 5.85. The second-order valence-electron chi connectivity index (χ2n) is 5.85. The largest absolute Gasteiger partial charge is 0.343 e. The first-order valence-corrected chi connectivity index (χ1v) is 8.28. The van der Waals surface area contributed by atoms with Gasteiger partial charge in [-0.25, -0.2) is 4.99 Å². The van der Waals surface area contributed by atoms with Crippen molar-refractivity contribution in [2.75, 3.05) is 18.4 Å². The standard InChI is InChI=1S/C20H27N3/c1-6-23(7-2)20(21-18-11-9-8-10-12-18)22-19-16(4)13-15(3)14-17(19)5/h8-14H,6-7H2,1-5H3,(H,21,22). The summed E-state index contributed by atoms with van der Waals surface area (Å²) < 4.78 is 0. The maximum Gasteiger partial charge on any atom is 0.203 e. The van der Waals surface area contributed by atoms with E-state index < -0.39 is 0 Å². The zero-order valence-corrected chi connectivity index (χ0v) is 14.9. The molecule has 0 aromatic heterocycles. The minimum absolute atomic E-state index is 0.899. The van der Waals surface area contributed by atoms with Gasteiger partial charge in [-0.1, -0.05) is 35.9 Å². The van der Waals surface area contributed by atoms with E-state index in [4.69, 9.17) is 4.99 Å². The molecule has 1 N–H and O–H groups in total. The van der Waals surface area contributed by atoms with Crippen LogP contribution in [0.25, 0.3) is 0 Å². The van der Waals surface area contributed by atoms with Gasteiger partial charge < -0.3 is 10.2 Å². The topological polar surface area (TPSA) is 27.6 Å². The predicted molar refractivity (Wildman–Crippen MR) is 101 cm³/mol. The van der Waals surface area contributed by atoms with E-state index in [1.807, 2.05) is 18.2 Å². The Hall–Kier alpha value is -2.29. The van der Waals surface area contributed by atoms with Gasteiger partial charge in [-0.2, -0.15) is 0 Å². The number of guanidine groups is 1. The molecule has 0 radical (unpaired) electrons. The number of benzene rings is 2. The number of nitrogens with zero attached hydrogens (tertiary/aromatic N) is 2. The summed E-state index contributed by atoms with van der Waals surface area (Å²) in [7, 11) is 0. The van der Waals surface area contributed by atoms with Gasteiger partial charge in [-0.3, -0.25) is 0 Å². The third-order valence-electron chi connectivity index (χ3n) is 3.95. The van der Waals surface area contributed by atoms with Crippen LogP contribution in [0.3, 0.4) is 0 Å². The molecule has 0 saturated carbocycles. The van der Waals surface area contributed by atoms with Crippen LogP contribution in [0.15, 0.2) is 47.5 Å². The van der Waals surface area contributed by atoms with Crippen LogP contribution in [0.4, 0.5) is 11.4 Å². The monoisotopic (exact) mass is 309 g/mol. The Bertz CT molecular complexity index is 648. The van der Waals surface area contributed by atoms with Gasteiger partial charge in [0.25, 0.3) is 0 Å². The molecule has 23 heavy (non-hydrogen) atoms. The summed E-state index contributed by atoms with van der Waals surface area (Å²) in [6, 6.07) is 14.6. The lowest BCUT2D eigenvalue weighted by atomic mass is 10.1. The summed E-state index contributed by atoms with van der Waals surface area (Å²) in [6.07, 6.45) is 0. The number of hydrogen-bond acceptors (Lipinski definition) is 1. The molecule has 0 fully saturated rings. The van der Waals surface area contributed by atoms with Crippen LogP contribution in [0.2, 0.25) is 0 Å². The first-order chi connectivity index (χ1) is 11.0. The van der Waals surface area contributed by atoms with Crippen LogP contribution in [0, 0.1) is 20.8 Å². The van der Waals surface area contributed by atoms with Crippen molar-refractivity contribution in [2.45, 2.75) is 34.6 Å². The van der Waals surface area contributed by atoms with Crippen molar-refractivity contribution >= 4 is 17.3 Å². The van der Waals surface area contributed by atoms with Crippen molar-refractivity contribution in [3.63, 3.8) is 0 Å². The van der Waals surface area contributed by atoms with E-state index >= 15 is 0 Å². The van der Waals surface area contributed by atoms with Crippen molar-refractivity contribution in [1.29, 1.82) is 0 Å². The lowest BCUT2D eigenvalue weighted by molar-refractivity contribution is 0.464. The number of aliphatic imine (C=N–C) groups is 1. The van der Waals surface area contributed by atoms with Gasteiger partial charge in [0.05, 0.1) is 5.69 Å². The van der Waals surface area contributed by atoms with Crippen LogP contribution < -0.4 is 5.32 Å². The van der Waals surface area contributed by atoms with Crippen LogP contribution in [-0.4, -0.2) is 23.9 Å². The zero-order chi connectivity index (χ0) is 16.8. The average molecular weight is 309 g/mol. The third kappa shape index (κ3) is 4.35. The highest BCUT2D eigenvalue weighted by Crippen LogP contribution is 2.26. The molecule has 2 aromatic carbocycles. The predicted octanol–water partition coefficient (Wildman–Crippen LogP) is 5.05. The highest BCUT2D eigenvalue weighted by Gasteiger charge is 2.11. The van der Waals surface area contributed by atoms with E-state index in [-0.39, 0.29) is 0 Å². The van der Waals surface area contributed by atoms with Crippen molar-refractivity contribution in [3.05, 3.63) is 59.2 Å². The maximum absolute atomic E-state index is 4.97. The summed E-state index contributed by atoms with van der Waals surface area (Å²) in [5.41, 5.74) is 5.81. The molecule has 0 spiro atoms. The Morgan fingerprint density at radius 2 is 1.52 bits per heavy atom. The molecule has 0 aliphatic heterocycles. The number of anilines is 1. The van der Waals surface area contributed by atoms with Crippen LogP contribution in [0.5, 0.6) is 0 Å². The lowest BCUT2D eigenvalue weighted by Gasteiger charge is -2.24. The van der Waals surface area contributed by atoms with Gasteiger partial charge in [0.2, 0.25) is 5.96 Å². The Morgan fingerprint density at radius 1 is 0.957 bits per heavy atom. The third-order valence-corrected chi connectivity index (χ3v) is 3.95. The number of aryl methyl sites for hydroxylation is 3. The molecule has 0 saturated heterocycles. The molecule has 3 nitrogen and oxygen atoms in total. The number of nitrogens with one attached hydrogen (secondary N) is 1. The Kier molecular flexibility index (Phi) is 5.80. The SMILES string of the molecule is CCN(CC)C(=Nc1c(C)cc(C)cc1C)Nc1ccccc1. The van der Waals surface area contributed by atoms with Crippen LogP contribution in [0.1, 0.15) is 30.5 Å². The molecule has 2 rings (SSSR count). The molecule has 0 aliphatic carbocycles. The van der Waals surface area contributed by atoms with E-state index in [0.29, 0.717) is 0 Å². The van der Waals surface area contributed by atoms with Gasteiger partial charge in [-0.05, 0) is 57.9 Å². The molecule has 3 heteroatoms. The van der Waals surface area contributed by atoms with Crippen LogP contribution in [-0.2, 0) is 0 Å². The fourth-order valence-electron chi connectivity index (χ4n) is 2.81. The summed E-state index contributed by atoms with van der Waals surface area (Å²) in [5.74, 6) is 0.899. The quantitative estimate of drug-likeness (QED) is 0.632. The zero-order valence-electron chi connectivity index (χ0n) is 14.9.